The fraction of sp³-hybridized carbons (Fsp3) is 0.571. The molecule has 1 rings (SSSR count). The molecule has 1 heterocycles. The molecule has 0 aliphatic heterocycles. The maximum absolute atomic E-state index is 12.2. The number of hydrogen-bond acceptors (Lipinski definition) is 3. The summed E-state index contributed by atoms with van der Waals surface area (Å²) in [5.74, 6) is 0.379. The Morgan fingerprint density at radius 1 is 1.47 bits per heavy atom. The Morgan fingerprint density at radius 3 is 2.68 bits per heavy atom. The summed E-state index contributed by atoms with van der Waals surface area (Å²) in [6.07, 6.45) is 5.17. The zero-order chi connectivity index (χ0) is 14.3. The standard InChI is InChI=1S/C14H21BrN2O2/c1-4-14(5-2,9-15)10-17-13(18)11-6-7-16-8-12(11)19-3/h6-8H,4-5,9-10H2,1-3H3,(H,17,18). The van der Waals surface area contributed by atoms with Crippen LogP contribution >= 0.6 is 15.9 Å². The van der Waals surface area contributed by atoms with Crippen LogP contribution in [0, 0.1) is 5.41 Å². The number of aromatic nitrogens is 1. The van der Waals surface area contributed by atoms with E-state index in [1.807, 2.05) is 0 Å². The first-order chi connectivity index (χ1) is 9.12. The lowest BCUT2D eigenvalue weighted by Crippen LogP contribution is -2.38. The van der Waals surface area contributed by atoms with Gasteiger partial charge in [0.25, 0.3) is 5.91 Å². The Morgan fingerprint density at radius 2 is 2.16 bits per heavy atom. The van der Waals surface area contributed by atoms with Gasteiger partial charge in [-0.15, -0.1) is 0 Å². The summed E-state index contributed by atoms with van der Waals surface area (Å²) in [5, 5.41) is 3.87. The molecule has 4 nitrogen and oxygen atoms in total. The number of carbonyl (C=O) groups is 1. The first kappa shape index (κ1) is 16.0. The second-order valence-electron chi connectivity index (χ2n) is 4.60. The largest absolute Gasteiger partial charge is 0.494 e. The number of carbonyl (C=O) groups excluding carboxylic acids is 1. The molecule has 0 aromatic carbocycles. The topological polar surface area (TPSA) is 51.2 Å². The number of rotatable bonds is 7. The molecule has 0 bridgehead atoms. The molecule has 5 heteroatoms. The molecular formula is C14H21BrN2O2. The van der Waals surface area contributed by atoms with Crippen molar-refractivity contribution in [3.05, 3.63) is 24.0 Å². The van der Waals surface area contributed by atoms with Gasteiger partial charge in [-0.1, -0.05) is 29.8 Å². The maximum atomic E-state index is 12.2. The fourth-order valence-corrected chi connectivity index (χ4v) is 2.82. The van der Waals surface area contributed by atoms with Crippen LogP contribution < -0.4 is 10.1 Å². The molecule has 0 spiro atoms. The number of amides is 1. The van der Waals surface area contributed by atoms with Crippen molar-refractivity contribution in [2.24, 2.45) is 5.41 Å². The van der Waals surface area contributed by atoms with E-state index < -0.39 is 0 Å². The van der Waals surface area contributed by atoms with Crippen LogP contribution in [0.4, 0.5) is 0 Å². The molecule has 1 aromatic rings. The third kappa shape index (κ3) is 3.93. The first-order valence-electron chi connectivity index (χ1n) is 6.44. The smallest absolute Gasteiger partial charge is 0.255 e. The Labute approximate surface area is 123 Å². The minimum atomic E-state index is -0.119. The molecule has 1 amide bonds. The third-order valence-corrected chi connectivity index (χ3v) is 4.85. The van der Waals surface area contributed by atoms with Crippen molar-refractivity contribution < 1.29 is 9.53 Å². The molecule has 0 atom stereocenters. The minimum absolute atomic E-state index is 0.107. The fourth-order valence-electron chi connectivity index (χ4n) is 1.83. The molecule has 0 aliphatic carbocycles. The highest BCUT2D eigenvalue weighted by Crippen LogP contribution is 2.28. The van der Waals surface area contributed by atoms with Gasteiger partial charge in [0.05, 0.1) is 18.9 Å². The first-order valence-corrected chi connectivity index (χ1v) is 7.56. The van der Waals surface area contributed by atoms with Gasteiger partial charge in [-0.3, -0.25) is 9.78 Å². The van der Waals surface area contributed by atoms with Crippen molar-refractivity contribution >= 4 is 21.8 Å². The highest BCUT2D eigenvalue weighted by molar-refractivity contribution is 9.09. The van der Waals surface area contributed by atoms with Crippen LogP contribution in [0.5, 0.6) is 5.75 Å². The molecule has 0 saturated carbocycles. The molecule has 0 unspecified atom stereocenters. The number of halogens is 1. The Bertz CT molecular complexity index is 411. The van der Waals surface area contributed by atoms with Gasteiger partial charge in [0.2, 0.25) is 0 Å². The summed E-state index contributed by atoms with van der Waals surface area (Å²) in [7, 11) is 1.54. The van der Waals surface area contributed by atoms with Crippen LogP contribution in [0.1, 0.15) is 37.0 Å². The Balaban J connectivity index is 2.75. The van der Waals surface area contributed by atoms with Crippen molar-refractivity contribution in [2.45, 2.75) is 26.7 Å². The molecule has 0 aliphatic rings. The van der Waals surface area contributed by atoms with Crippen LogP contribution in [0.15, 0.2) is 18.5 Å². The van der Waals surface area contributed by atoms with Gasteiger partial charge in [-0.05, 0) is 24.3 Å². The predicted molar refractivity (Wildman–Crippen MR) is 79.9 cm³/mol. The minimum Gasteiger partial charge on any atom is -0.494 e. The zero-order valence-corrected chi connectivity index (χ0v) is 13.3. The van der Waals surface area contributed by atoms with Crippen molar-refractivity contribution in [3.8, 4) is 5.75 Å². The van der Waals surface area contributed by atoms with E-state index >= 15 is 0 Å². The van der Waals surface area contributed by atoms with Gasteiger partial charge < -0.3 is 10.1 Å². The lowest BCUT2D eigenvalue weighted by atomic mass is 9.84. The van der Waals surface area contributed by atoms with Gasteiger partial charge in [-0.2, -0.15) is 0 Å². The number of hydrogen-bond donors (Lipinski definition) is 1. The van der Waals surface area contributed by atoms with Crippen LogP contribution in [0.25, 0.3) is 0 Å². The highest BCUT2D eigenvalue weighted by atomic mass is 79.9. The second kappa shape index (κ2) is 7.48. The number of pyridine rings is 1. The molecule has 106 valence electrons. The Kier molecular flexibility index (Phi) is 6.28. The van der Waals surface area contributed by atoms with E-state index in [0.717, 1.165) is 18.2 Å². The molecular weight excluding hydrogens is 308 g/mol. The van der Waals surface area contributed by atoms with E-state index in [1.165, 1.54) is 7.11 Å². The van der Waals surface area contributed by atoms with Gasteiger partial charge >= 0.3 is 0 Å². The van der Waals surface area contributed by atoms with Crippen LogP contribution in [-0.2, 0) is 0 Å². The summed E-state index contributed by atoms with van der Waals surface area (Å²) in [4.78, 5) is 16.1. The molecule has 0 saturated heterocycles. The van der Waals surface area contributed by atoms with E-state index in [4.69, 9.17) is 4.74 Å². The summed E-state index contributed by atoms with van der Waals surface area (Å²) >= 11 is 3.54. The van der Waals surface area contributed by atoms with Crippen LogP contribution in [0.2, 0.25) is 0 Å². The average Bonchev–Trinajstić information content (AvgIpc) is 2.49. The molecule has 0 fully saturated rings. The van der Waals surface area contributed by atoms with Gasteiger partial charge in [-0.25, -0.2) is 0 Å². The summed E-state index contributed by atoms with van der Waals surface area (Å²) < 4.78 is 5.14. The molecule has 1 N–H and O–H groups in total. The van der Waals surface area contributed by atoms with Crippen molar-refractivity contribution in [1.29, 1.82) is 0 Å². The summed E-state index contributed by atoms with van der Waals surface area (Å²) in [6, 6.07) is 1.67. The monoisotopic (exact) mass is 328 g/mol. The number of methoxy groups -OCH3 is 1. The lowest BCUT2D eigenvalue weighted by Gasteiger charge is -2.29. The van der Waals surface area contributed by atoms with Crippen LogP contribution in [0.3, 0.4) is 0 Å². The Hall–Kier alpha value is -1.10. The second-order valence-corrected chi connectivity index (χ2v) is 5.16. The molecule has 19 heavy (non-hydrogen) atoms. The van der Waals surface area contributed by atoms with E-state index in [-0.39, 0.29) is 11.3 Å². The van der Waals surface area contributed by atoms with E-state index in [2.05, 4.69) is 40.1 Å². The average molecular weight is 329 g/mol. The zero-order valence-electron chi connectivity index (χ0n) is 11.7. The number of ether oxygens (including phenoxy) is 1. The van der Waals surface area contributed by atoms with Gasteiger partial charge in [0.1, 0.15) is 5.75 Å². The van der Waals surface area contributed by atoms with Crippen LogP contribution in [-0.4, -0.2) is 29.9 Å². The summed E-state index contributed by atoms with van der Waals surface area (Å²) in [5.41, 5.74) is 0.629. The van der Waals surface area contributed by atoms with Gasteiger partial charge in [0, 0.05) is 18.1 Å². The van der Waals surface area contributed by atoms with E-state index in [1.54, 1.807) is 18.5 Å². The quantitative estimate of drug-likeness (QED) is 0.783. The van der Waals surface area contributed by atoms with Gasteiger partial charge in [0.15, 0.2) is 0 Å². The number of nitrogens with one attached hydrogen (secondary N) is 1. The SMILES string of the molecule is CCC(CC)(CBr)CNC(=O)c1ccncc1OC. The normalized spacial score (nSPS) is 11.2. The highest BCUT2D eigenvalue weighted by Gasteiger charge is 2.26. The number of alkyl halides is 1. The lowest BCUT2D eigenvalue weighted by molar-refractivity contribution is 0.0929. The summed E-state index contributed by atoms with van der Waals surface area (Å²) in [6.45, 7) is 4.93. The van der Waals surface area contributed by atoms with E-state index in [0.29, 0.717) is 17.9 Å². The molecule has 0 radical (unpaired) electrons. The predicted octanol–water partition coefficient (Wildman–Crippen LogP) is 3.02. The maximum Gasteiger partial charge on any atom is 0.255 e. The third-order valence-electron chi connectivity index (χ3n) is 3.66. The molecule has 1 aromatic heterocycles. The van der Waals surface area contributed by atoms with E-state index in [9.17, 15) is 4.79 Å². The van der Waals surface area contributed by atoms with Crippen molar-refractivity contribution in [3.63, 3.8) is 0 Å². The van der Waals surface area contributed by atoms with Crippen molar-refractivity contribution in [1.82, 2.24) is 10.3 Å². The van der Waals surface area contributed by atoms with Crippen molar-refractivity contribution in [2.75, 3.05) is 19.0 Å². The number of nitrogens with zero attached hydrogens (tertiary/aromatic N) is 1.